The van der Waals surface area contributed by atoms with Crippen LogP contribution in [0.4, 0.5) is 4.39 Å². The van der Waals surface area contributed by atoms with Crippen LogP contribution in [0, 0.1) is 12.7 Å². The Hall–Kier alpha value is -3.26. The number of carboxylic acids is 1. The van der Waals surface area contributed by atoms with Crippen molar-refractivity contribution in [1.29, 1.82) is 0 Å². The maximum absolute atomic E-state index is 13.9. The molecule has 0 unspecified atom stereocenters. The number of ether oxygens (including phenoxy) is 1. The topological polar surface area (TPSA) is 99.0 Å². The third-order valence-corrected chi connectivity index (χ3v) is 6.18. The Morgan fingerprint density at radius 2 is 1.83 bits per heavy atom. The average Bonchev–Trinajstić information content (AvgIpc) is 2.83. The number of rotatable bonds is 11. The molecule has 0 aliphatic rings. The third-order valence-electron chi connectivity index (χ3n) is 6.18. The predicted molar refractivity (Wildman–Crippen MR) is 138 cm³/mol. The van der Waals surface area contributed by atoms with Crippen LogP contribution in [-0.4, -0.2) is 46.1 Å². The normalized spacial score (nSPS) is 13.4. The molecule has 3 aromatic carbocycles. The van der Waals surface area contributed by atoms with Crippen LogP contribution >= 0.6 is 0 Å². The third kappa shape index (κ3) is 7.13. The first-order valence-electron chi connectivity index (χ1n) is 11.9. The molecule has 2 atom stereocenters. The minimum atomic E-state index is -1.19. The number of aromatic carboxylic acids is 1. The smallest absolute Gasteiger partial charge is 0.339 e. The number of aliphatic hydroxyl groups excluding tert-OH is 1. The van der Waals surface area contributed by atoms with Gasteiger partial charge in [-0.15, -0.1) is 0 Å². The van der Waals surface area contributed by atoms with E-state index in [0.717, 1.165) is 16.7 Å². The van der Waals surface area contributed by atoms with Gasteiger partial charge in [-0.05, 0) is 80.1 Å². The van der Waals surface area contributed by atoms with E-state index in [2.05, 4.69) is 5.32 Å². The maximum atomic E-state index is 13.9. The summed E-state index contributed by atoms with van der Waals surface area (Å²) in [6.45, 7) is 8.02. The second-order valence-electron chi connectivity index (χ2n) is 9.78. The fourth-order valence-corrected chi connectivity index (χ4v) is 4.11. The lowest BCUT2D eigenvalue weighted by molar-refractivity contribution is -0.00397. The molecule has 7 heteroatoms. The molecule has 0 saturated heterocycles. The standard InChI is InChI=1S/C29H34FNO5/c1-18-9-10-20(13-26(18)30)15-29(3,4)31-16-22(32)17-36-19(2)23-7-5-6-8-24(23)21-11-12-25(28(34)35)27(33)14-21/h5-14,19,22,31-33H,15-17H2,1-4H3,(H,34,35)/t19-,22-/m1/s1. The number of benzene rings is 3. The lowest BCUT2D eigenvalue weighted by atomic mass is 9.94. The zero-order valence-electron chi connectivity index (χ0n) is 21.1. The van der Waals surface area contributed by atoms with Crippen LogP contribution in [0.15, 0.2) is 60.7 Å². The van der Waals surface area contributed by atoms with Crippen molar-refractivity contribution >= 4 is 5.97 Å². The Bertz CT molecular complexity index is 1210. The highest BCUT2D eigenvalue weighted by molar-refractivity contribution is 5.91. The molecule has 0 aliphatic heterocycles. The molecule has 0 aromatic heterocycles. The number of aryl methyl sites for hydroxylation is 1. The van der Waals surface area contributed by atoms with Gasteiger partial charge in [-0.1, -0.05) is 42.5 Å². The number of β-amino-alcohol motifs (C(OH)–C–C–N with tert-alkyl or cyclic N) is 1. The molecular weight excluding hydrogens is 461 g/mol. The van der Waals surface area contributed by atoms with E-state index in [1.54, 1.807) is 25.1 Å². The van der Waals surface area contributed by atoms with Gasteiger partial charge in [0.2, 0.25) is 0 Å². The predicted octanol–water partition coefficient (Wildman–Crippen LogP) is 5.25. The summed E-state index contributed by atoms with van der Waals surface area (Å²) in [5.41, 5.74) is 3.30. The van der Waals surface area contributed by atoms with Crippen molar-refractivity contribution in [2.75, 3.05) is 13.2 Å². The second kappa shape index (κ2) is 11.6. The largest absolute Gasteiger partial charge is 0.507 e. The van der Waals surface area contributed by atoms with Gasteiger partial charge in [-0.3, -0.25) is 0 Å². The van der Waals surface area contributed by atoms with Crippen molar-refractivity contribution in [3.63, 3.8) is 0 Å². The Balaban J connectivity index is 1.59. The summed E-state index contributed by atoms with van der Waals surface area (Å²) in [5, 5.41) is 33.1. The van der Waals surface area contributed by atoms with Crippen molar-refractivity contribution in [2.45, 2.75) is 51.9 Å². The minimum Gasteiger partial charge on any atom is -0.507 e. The van der Waals surface area contributed by atoms with E-state index in [9.17, 15) is 19.4 Å². The number of nitrogens with one attached hydrogen (secondary N) is 1. The van der Waals surface area contributed by atoms with Gasteiger partial charge in [0.25, 0.3) is 0 Å². The molecule has 192 valence electrons. The van der Waals surface area contributed by atoms with Gasteiger partial charge in [0.1, 0.15) is 17.1 Å². The first kappa shape index (κ1) is 27.3. The van der Waals surface area contributed by atoms with Gasteiger partial charge in [-0.25, -0.2) is 9.18 Å². The van der Waals surface area contributed by atoms with Crippen LogP contribution in [0.1, 0.15) is 53.9 Å². The van der Waals surface area contributed by atoms with Crippen LogP contribution < -0.4 is 5.32 Å². The Labute approximate surface area is 211 Å². The minimum absolute atomic E-state index is 0.0982. The van der Waals surface area contributed by atoms with Crippen molar-refractivity contribution in [3.05, 3.63) is 88.7 Å². The number of hydrogen-bond donors (Lipinski definition) is 4. The van der Waals surface area contributed by atoms with Gasteiger partial charge in [-0.2, -0.15) is 0 Å². The molecule has 36 heavy (non-hydrogen) atoms. The number of halogens is 1. The van der Waals surface area contributed by atoms with Crippen molar-refractivity contribution in [2.24, 2.45) is 0 Å². The molecule has 0 radical (unpaired) electrons. The summed E-state index contributed by atoms with van der Waals surface area (Å²) in [6.07, 6.45) is -0.511. The Morgan fingerprint density at radius 3 is 2.50 bits per heavy atom. The first-order chi connectivity index (χ1) is 17.0. The van der Waals surface area contributed by atoms with Gasteiger partial charge < -0.3 is 25.4 Å². The van der Waals surface area contributed by atoms with Crippen LogP contribution in [-0.2, 0) is 11.2 Å². The zero-order chi connectivity index (χ0) is 26.5. The summed E-state index contributed by atoms with van der Waals surface area (Å²) >= 11 is 0. The first-order valence-corrected chi connectivity index (χ1v) is 11.9. The quantitative estimate of drug-likeness (QED) is 0.290. The molecular formula is C29H34FNO5. The van der Waals surface area contributed by atoms with E-state index >= 15 is 0 Å². The zero-order valence-corrected chi connectivity index (χ0v) is 21.1. The van der Waals surface area contributed by atoms with Gasteiger partial charge >= 0.3 is 5.97 Å². The molecule has 0 amide bonds. The summed E-state index contributed by atoms with van der Waals surface area (Å²) < 4.78 is 19.8. The number of hydrogen-bond acceptors (Lipinski definition) is 5. The second-order valence-corrected chi connectivity index (χ2v) is 9.78. The van der Waals surface area contributed by atoms with Gasteiger partial charge in [0.05, 0.1) is 18.8 Å². The van der Waals surface area contributed by atoms with Crippen LogP contribution in [0.25, 0.3) is 11.1 Å². The number of carboxylic acid groups (broad SMARTS) is 1. The monoisotopic (exact) mass is 495 g/mol. The van der Waals surface area contributed by atoms with Crippen LogP contribution in [0.2, 0.25) is 0 Å². The number of aliphatic hydroxyl groups is 1. The van der Waals surface area contributed by atoms with Gasteiger partial charge in [0.15, 0.2) is 0 Å². The maximum Gasteiger partial charge on any atom is 0.339 e. The summed E-state index contributed by atoms with van der Waals surface area (Å²) in [7, 11) is 0. The molecule has 0 fully saturated rings. The molecule has 3 aromatic rings. The highest BCUT2D eigenvalue weighted by atomic mass is 19.1. The number of carbonyl (C=O) groups is 1. The fraction of sp³-hybridized carbons (Fsp3) is 0.345. The SMILES string of the molecule is Cc1ccc(CC(C)(C)NC[C@@H](O)CO[C@H](C)c2ccccc2-c2ccc(C(=O)O)c(O)c2)cc1F. The highest BCUT2D eigenvalue weighted by Gasteiger charge is 2.21. The molecule has 0 saturated carbocycles. The van der Waals surface area contributed by atoms with E-state index < -0.39 is 12.1 Å². The molecule has 0 bridgehead atoms. The lowest BCUT2D eigenvalue weighted by Gasteiger charge is -2.28. The molecule has 0 heterocycles. The van der Waals surface area contributed by atoms with E-state index in [1.807, 2.05) is 51.1 Å². The molecule has 0 aliphatic carbocycles. The van der Waals surface area contributed by atoms with E-state index in [4.69, 9.17) is 9.84 Å². The molecule has 3 rings (SSSR count). The van der Waals surface area contributed by atoms with Crippen molar-refractivity contribution in [1.82, 2.24) is 5.32 Å². The summed E-state index contributed by atoms with van der Waals surface area (Å²) in [4.78, 5) is 11.2. The van der Waals surface area contributed by atoms with E-state index in [1.165, 1.54) is 12.1 Å². The van der Waals surface area contributed by atoms with Gasteiger partial charge in [0, 0.05) is 12.1 Å². The van der Waals surface area contributed by atoms with Crippen molar-refractivity contribution < 1.29 is 29.2 Å². The molecule has 4 N–H and O–H groups in total. The average molecular weight is 496 g/mol. The van der Waals surface area contributed by atoms with Crippen molar-refractivity contribution in [3.8, 4) is 16.9 Å². The molecule has 6 nitrogen and oxygen atoms in total. The highest BCUT2D eigenvalue weighted by Crippen LogP contribution is 2.33. The Kier molecular flexibility index (Phi) is 8.84. The van der Waals surface area contributed by atoms with E-state index in [0.29, 0.717) is 24.1 Å². The Morgan fingerprint density at radius 1 is 1.11 bits per heavy atom. The van der Waals surface area contributed by atoms with E-state index in [-0.39, 0.29) is 35.4 Å². The molecule has 0 spiro atoms. The number of phenols is 1. The fourth-order valence-electron chi connectivity index (χ4n) is 4.11. The van der Waals surface area contributed by atoms with Crippen LogP contribution in [0.3, 0.4) is 0 Å². The summed E-state index contributed by atoms with van der Waals surface area (Å²) in [5.74, 6) is -1.72. The number of aromatic hydroxyl groups is 1. The summed E-state index contributed by atoms with van der Waals surface area (Å²) in [6, 6.07) is 17.2. The lowest BCUT2D eigenvalue weighted by Crippen LogP contribution is -2.46. The van der Waals surface area contributed by atoms with Crippen LogP contribution in [0.5, 0.6) is 5.75 Å².